The number of carbonyl (C=O) groups excluding carboxylic acids is 1. The van der Waals surface area contributed by atoms with Crippen LogP contribution in [0.3, 0.4) is 0 Å². The van der Waals surface area contributed by atoms with Gasteiger partial charge in [0, 0.05) is 24.9 Å². The molecule has 0 bridgehead atoms. The van der Waals surface area contributed by atoms with Crippen LogP contribution in [0.4, 0.5) is 5.69 Å². The number of amides is 1. The van der Waals surface area contributed by atoms with Crippen molar-refractivity contribution in [3.8, 4) is 0 Å². The molecular weight excluding hydrogens is 320 g/mol. The first-order chi connectivity index (χ1) is 12.6. The van der Waals surface area contributed by atoms with Crippen LogP contribution in [0.1, 0.15) is 43.9 Å². The van der Waals surface area contributed by atoms with Gasteiger partial charge < -0.3 is 10.2 Å². The second kappa shape index (κ2) is 8.70. The SMILES string of the molecule is C[C@H]1CCCN(c2ccc([C@H](C)NC(=O)/C=C/c3ccccc3)cc2)C1. The molecule has 1 N–H and O–H groups in total. The van der Waals surface area contributed by atoms with Crippen molar-refractivity contribution in [3.05, 3.63) is 71.8 Å². The lowest BCUT2D eigenvalue weighted by molar-refractivity contribution is -0.117. The van der Waals surface area contributed by atoms with Gasteiger partial charge in [0.25, 0.3) is 0 Å². The van der Waals surface area contributed by atoms with E-state index >= 15 is 0 Å². The van der Waals surface area contributed by atoms with Gasteiger partial charge in [-0.1, -0.05) is 49.4 Å². The number of benzene rings is 2. The minimum Gasteiger partial charge on any atom is -0.371 e. The highest BCUT2D eigenvalue weighted by molar-refractivity contribution is 5.91. The molecule has 3 heteroatoms. The van der Waals surface area contributed by atoms with Crippen LogP contribution < -0.4 is 10.2 Å². The summed E-state index contributed by atoms with van der Waals surface area (Å²) in [5.41, 5.74) is 3.43. The second-order valence-electron chi connectivity index (χ2n) is 7.26. The van der Waals surface area contributed by atoms with Crippen LogP contribution in [0, 0.1) is 5.92 Å². The van der Waals surface area contributed by atoms with Gasteiger partial charge in [-0.05, 0) is 55.0 Å². The van der Waals surface area contributed by atoms with Crippen LogP contribution in [-0.4, -0.2) is 19.0 Å². The fourth-order valence-electron chi connectivity index (χ4n) is 3.48. The van der Waals surface area contributed by atoms with Gasteiger partial charge in [-0.15, -0.1) is 0 Å². The van der Waals surface area contributed by atoms with Crippen LogP contribution in [0.5, 0.6) is 0 Å². The van der Waals surface area contributed by atoms with E-state index in [9.17, 15) is 4.79 Å². The Kier molecular flexibility index (Phi) is 6.11. The number of hydrogen-bond donors (Lipinski definition) is 1. The van der Waals surface area contributed by atoms with Gasteiger partial charge in [0.05, 0.1) is 6.04 Å². The molecule has 1 aliphatic rings. The summed E-state index contributed by atoms with van der Waals surface area (Å²) < 4.78 is 0. The molecule has 2 aromatic rings. The van der Waals surface area contributed by atoms with Crippen molar-refractivity contribution < 1.29 is 4.79 Å². The summed E-state index contributed by atoms with van der Waals surface area (Å²) in [4.78, 5) is 14.6. The lowest BCUT2D eigenvalue weighted by Gasteiger charge is -2.33. The van der Waals surface area contributed by atoms with Crippen LogP contribution in [0.25, 0.3) is 6.08 Å². The molecule has 0 radical (unpaired) electrons. The maximum Gasteiger partial charge on any atom is 0.244 e. The smallest absolute Gasteiger partial charge is 0.244 e. The minimum atomic E-state index is -0.0738. The van der Waals surface area contributed by atoms with E-state index < -0.39 is 0 Å². The molecule has 1 fully saturated rings. The summed E-state index contributed by atoms with van der Waals surface area (Å²) in [6, 6.07) is 18.4. The summed E-state index contributed by atoms with van der Waals surface area (Å²) >= 11 is 0. The fraction of sp³-hybridized carbons (Fsp3) is 0.348. The average Bonchev–Trinajstić information content (AvgIpc) is 2.67. The average molecular weight is 348 g/mol. The zero-order valence-corrected chi connectivity index (χ0v) is 15.7. The Hall–Kier alpha value is -2.55. The molecule has 26 heavy (non-hydrogen) atoms. The van der Waals surface area contributed by atoms with Crippen LogP contribution in [0.2, 0.25) is 0 Å². The van der Waals surface area contributed by atoms with Gasteiger partial charge in [-0.2, -0.15) is 0 Å². The molecule has 3 nitrogen and oxygen atoms in total. The predicted octanol–water partition coefficient (Wildman–Crippen LogP) is 4.81. The van der Waals surface area contributed by atoms with Crippen molar-refractivity contribution in [3.63, 3.8) is 0 Å². The van der Waals surface area contributed by atoms with Gasteiger partial charge in [0.2, 0.25) is 5.91 Å². The molecule has 1 saturated heterocycles. The molecule has 2 aromatic carbocycles. The Bertz CT molecular complexity index is 737. The van der Waals surface area contributed by atoms with Gasteiger partial charge in [-0.3, -0.25) is 4.79 Å². The Morgan fingerprint density at radius 2 is 1.88 bits per heavy atom. The van der Waals surface area contributed by atoms with Crippen molar-refractivity contribution >= 4 is 17.7 Å². The molecule has 0 spiro atoms. The molecule has 0 saturated carbocycles. The molecule has 136 valence electrons. The van der Waals surface area contributed by atoms with E-state index in [1.165, 1.54) is 18.5 Å². The Balaban J connectivity index is 1.56. The van der Waals surface area contributed by atoms with E-state index in [0.717, 1.165) is 30.1 Å². The van der Waals surface area contributed by atoms with Gasteiger partial charge in [0.1, 0.15) is 0 Å². The molecule has 0 aromatic heterocycles. The molecule has 2 atom stereocenters. The Morgan fingerprint density at radius 1 is 1.15 bits per heavy atom. The first kappa shape index (κ1) is 18.2. The van der Waals surface area contributed by atoms with Crippen LogP contribution >= 0.6 is 0 Å². The lowest BCUT2D eigenvalue weighted by Crippen LogP contribution is -2.34. The number of rotatable bonds is 5. The lowest BCUT2D eigenvalue weighted by atomic mass is 9.99. The molecule has 1 amide bonds. The zero-order chi connectivity index (χ0) is 18.4. The maximum absolute atomic E-state index is 12.1. The molecule has 3 rings (SSSR count). The highest BCUT2D eigenvalue weighted by Gasteiger charge is 2.17. The molecule has 0 unspecified atom stereocenters. The molecule has 1 aliphatic heterocycles. The van der Waals surface area contributed by atoms with Crippen molar-refractivity contribution in [1.82, 2.24) is 5.32 Å². The van der Waals surface area contributed by atoms with Crippen molar-refractivity contribution in [2.75, 3.05) is 18.0 Å². The van der Waals surface area contributed by atoms with Crippen molar-refractivity contribution in [2.45, 2.75) is 32.7 Å². The van der Waals surface area contributed by atoms with E-state index in [2.05, 4.69) is 41.4 Å². The summed E-state index contributed by atoms with van der Waals surface area (Å²) in [5, 5.41) is 3.03. The fourth-order valence-corrected chi connectivity index (χ4v) is 3.48. The third-order valence-electron chi connectivity index (χ3n) is 5.00. The van der Waals surface area contributed by atoms with Crippen LogP contribution in [-0.2, 0) is 4.79 Å². The highest BCUT2D eigenvalue weighted by Crippen LogP contribution is 2.24. The minimum absolute atomic E-state index is 0.0164. The first-order valence-electron chi connectivity index (χ1n) is 9.50. The van der Waals surface area contributed by atoms with Gasteiger partial charge in [0.15, 0.2) is 0 Å². The topological polar surface area (TPSA) is 32.3 Å². The maximum atomic E-state index is 12.1. The number of piperidine rings is 1. The van der Waals surface area contributed by atoms with E-state index in [1.807, 2.05) is 43.3 Å². The first-order valence-corrected chi connectivity index (χ1v) is 9.50. The predicted molar refractivity (Wildman–Crippen MR) is 109 cm³/mol. The van der Waals surface area contributed by atoms with Crippen LogP contribution in [0.15, 0.2) is 60.7 Å². The number of anilines is 1. The number of carbonyl (C=O) groups is 1. The Morgan fingerprint density at radius 3 is 2.58 bits per heavy atom. The van der Waals surface area contributed by atoms with E-state index in [4.69, 9.17) is 0 Å². The summed E-state index contributed by atoms with van der Waals surface area (Å²) in [5.74, 6) is 0.688. The second-order valence-corrected chi connectivity index (χ2v) is 7.26. The zero-order valence-electron chi connectivity index (χ0n) is 15.7. The van der Waals surface area contributed by atoms with E-state index in [-0.39, 0.29) is 11.9 Å². The van der Waals surface area contributed by atoms with E-state index in [0.29, 0.717) is 0 Å². The normalized spacial score (nSPS) is 18.7. The summed E-state index contributed by atoms with van der Waals surface area (Å²) in [7, 11) is 0. The number of nitrogens with one attached hydrogen (secondary N) is 1. The number of nitrogens with zero attached hydrogens (tertiary/aromatic N) is 1. The largest absolute Gasteiger partial charge is 0.371 e. The third-order valence-corrected chi connectivity index (χ3v) is 5.00. The summed E-state index contributed by atoms with van der Waals surface area (Å²) in [6.45, 7) is 6.61. The van der Waals surface area contributed by atoms with Crippen molar-refractivity contribution in [1.29, 1.82) is 0 Å². The molecule has 0 aliphatic carbocycles. The Labute approximate surface area is 156 Å². The van der Waals surface area contributed by atoms with E-state index in [1.54, 1.807) is 6.08 Å². The van der Waals surface area contributed by atoms with Gasteiger partial charge in [-0.25, -0.2) is 0 Å². The standard InChI is InChI=1S/C23H28N2O/c1-18-7-6-16-25(17-18)22-13-11-21(12-14-22)19(2)24-23(26)15-10-20-8-4-3-5-9-20/h3-5,8-15,18-19H,6-7,16-17H2,1-2H3,(H,24,26)/b15-10+/t18-,19-/m0/s1. The van der Waals surface area contributed by atoms with Crippen molar-refractivity contribution in [2.24, 2.45) is 5.92 Å². The molecular formula is C23H28N2O. The highest BCUT2D eigenvalue weighted by atomic mass is 16.1. The monoisotopic (exact) mass is 348 g/mol. The summed E-state index contributed by atoms with van der Waals surface area (Å²) in [6.07, 6.45) is 6.02. The molecule has 1 heterocycles. The third kappa shape index (κ3) is 4.98. The number of hydrogen-bond acceptors (Lipinski definition) is 2. The van der Waals surface area contributed by atoms with Gasteiger partial charge >= 0.3 is 0 Å². The quantitative estimate of drug-likeness (QED) is 0.786.